The Bertz CT molecular complexity index is 893. The molecule has 0 atom stereocenters. The van der Waals surface area contributed by atoms with Gasteiger partial charge in [0.15, 0.2) is 11.5 Å². The van der Waals surface area contributed by atoms with Crippen molar-refractivity contribution in [3.8, 4) is 11.5 Å². The molecule has 0 aliphatic carbocycles. The molecule has 0 saturated carbocycles. The summed E-state index contributed by atoms with van der Waals surface area (Å²) in [5.41, 5.74) is 4.22. The van der Waals surface area contributed by atoms with Gasteiger partial charge in [-0.15, -0.1) is 0 Å². The summed E-state index contributed by atoms with van der Waals surface area (Å²) >= 11 is 12.4. The van der Waals surface area contributed by atoms with Gasteiger partial charge < -0.3 is 14.8 Å². The van der Waals surface area contributed by atoms with Gasteiger partial charge in [0.05, 0.1) is 7.11 Å². The van der Waals surface area contributed by atoms with Crippen LogP contribution in [0, 0.1) is 6.92 Å². The average molecular weight is 402 g/mol. The summed E-state index contributed by atoms with van der Waals surface area (Å²) in [6.07, 6.45) is 0. The van der Waals surface area contributed by atoms with Gasteiger partial charge in [-0.2, -0.15) is 0 Å². The monoisotopic (exact) mass is 401 g/mol. The number of anilines is 1. The highest BCUT2D eigenvalue weighted by molar-refractivity contribution is 6.31. The topological polar surface area (TPSA) is 30.5 Å². The van der Waals surface area contributed by atoms with E-state index in [2.05, 4.69) is 24.4 Å². The maximum atomic E-state index is 6.46. The van der Waals surface area contributed by atoms with Gasteiger partial charge in [0.25, 0.3) is 0 Å². The second kappa shape index (κ2) is 9.03. The zero-order chi connectivity index (χ0) is 19.2. The van der Waals surface area contributed by atoms with Crippen LogP contribution in [0.1, 0.15) is 16.7 Å². The van der Waals surface area contributed by atoms with Gasteiger partial charge in [-0.1, -0.05) is 53.0 Å². The molecule has 140 valence electrons. The number of methoxy groups -OCH3 is 1. The van der Waals surface area contributed by atoms with Crippen molar-refractivity contribution in [2.45, 2.75) is 20.1 Å². The lowest BCUT2D eigenvalue weighted by Crippen LogP contribution is -2.03. The quantitative estimate of drug-likeness (QED) is 0.489. The number of rotatable bonds is 7. The molecule has 0 aromatic heterocycles. The maximum Gasteiger partial charge on any atom is 0.163 e. The maximum absolute atomic E-state index is 6.46. The fraction of sp³-hybridized carbons (Fsp3) is 0.182. The number of nitrogens with one attached hydrogen (secondary N) is 1. The zero-order valence-electron chi connectivity index (χ0n) is 15.3. The van der Waals surface area contributed by atoms with Crippen LogP contribution in [0.5, 0.6) is 11.5 Å². The first-order chi connectivity index (χ1) is 13.0. The number of halogens is 2. The largest absolute Gasteiger partial charge is 0.493 e. The summed E-state index contributed by atoms with van der Waals surface area (Å²) in [5, 5.41) is 4.69. The third kappa shape index (κ3) is 5.31. The lowest BCUT2D eigenvalue weighted by molar-refractivity contribution is 0.284. The van der Waals surface area contributed by atoms with E-state index < -0.39 is 0 Å². The van der Waals surface area contributed by atoms with Crippen LogP contribution in [0.3, 0.4) is 0 Å². The molecule has 0 unspecified atom stereocenters. The molecule has 0 radical (unpaired) electrons. The van der Waals surface area contributed by atoms with Crippen LogP contribution in [-0.2, 0) is 13.2 Å². The second-order valence-electron chi connectivity index (χ2n) is 6.23. The summed E-state index contributed by atoms with van der Waals surface area (Å²) in [6.45, 7) is 3.06. The van der Waals surface area contributed by atoms with E-state index in [-0.39, 0.29) is 0 Å². The first kappa shape index (κ1) is 19.4. The third-order valence-corrected chi connectivity index (χ3v) is 4.78. The predicted molar refractivity (Wildman–Crippen MR) is 112 cm³/mol. The number of hydrogen-bond acceptors (Lipinski definition) is 3. The molecule has 27 heavy (non-hydrogen) atoms. The molecule has 3 aromatic carbocycles. The van der Waals surface area contributed by atoms with E-state index in [1.165, 1.54) is 5.56 Å². The molecule has 0 fully saturated rings. The van der Waals surface area contributed by atoms with Crippen LogP contribution in [0.15, 0.2) is 60.7 Å². The van der Waals surface area contributed by atoms with Crippen molar-refractivity contribution in [1.29, 1.82) is 0 Å². The van der Waals surface area contributed by atoms with Gasteiger partial charge in [0, 0.05) is 28.3 Å². The number of aryl methyl sites for hydroxylation is 1. The van der Waals surface area contributed by atoms with E-state index in [1.807, 2.05) is 42.5 Å². The normalized spacial score (nSPS) is 10.5. The van der Waals surface area contributed by atoms with Crippen molar-refractivity contribution in [3.05, 3.63) is 87.4 Å². The van der Waals surface area contributed by atoms with Crippen molar-refractivity contribution in [2.24, 2.45) is 0 Å². The zero-order valence-corrected chi connectivity index (χ0v) is 16.8. The highest BCUT2D eigenvalue weighted by atomic mass is 35.5. The van der Waals surface area contributed by atoms with Gasteiger partial charge in [-0.25, -0.2) is 0 Å². The average Bonchev–Trinajstić information content (AvgIpc) is 2.68. The Hall–Kier alpha value is -2.36. The third-order valence-electron chi connectivity index (χ3n) is 4.17. The van der Waals surface area contributed by atoms with E-state index in [0.717, 1.165) is 16.8 Å². The molecule has 5 heteroatoms. The minimum absolute atomic E-state index is 0.408. The molecule has 0 heterocycles. The van der Waals surface area contributed by atoms with Crippen molar-refractivity contribution in [2.75, 3.05) is 12.4 Å². The molecular formula is C22H21Cl2NO2. The van der Waals surface area contributed by atoms with Crippen LogP contribution < -0.4 is 14.8 Å². The van der Waals surface area contributed by atoms with Gasteiger partial charge in [-0.05, 0) is 48.4 Å². The first-order valence-corrected chi connectivity index (χ1v) is 9.35. The minimum atomic E-state index is 0.408. The number of ether oxygens (including phenoxy) is 2. The highest BCUT2D eigenvalue weighted by Crippen LogP contribution is 2.34. The van der Waals surface area contributed by atoms with Crippen LogP contribution >= 0.6 is 23.2 Å². The molecule has 0 spiro atoms. The number of benzene rings is 3. The fourth-order valence-corrected chi connectivity index (χ4v) is 2.94. The highest BCUT2D eigenvalue weighted by Gasteiger charge is 2.11. The molecule has 0 aliphatic heterocycles. The Kier molecular flexibility index (Phi) is 6.49. The summed E-state index contributed by atoms with van der Waals surface area (Å²) in [4.78, 5) is 0. The molecule has 0 saturated heterocycles. The first-order valence-electron chi connectivity index (χ1n) is 8.59. The van der Waals surface area contributed by atoms with Gasteiger partial charge in [0.1, 0.15) is 6.61 Å². The van der Waals surface area contributed by atoms with Crippen molar-refractivity contribution in [3.63, 3.8) is 0 Å². The lowest BCUT2D eigenvalue weighted by Gasteiger charge is -2.15. The molecule has 0 aliphatic rings. The molecular weight excluding hydrogens is 381 g/mol. The Morgan fingerprint density at radius 1 is 0.889 bits per heavy atom. The van der Waals surface area contributed by atoms with E-state index >= 15 is 0 Å². The summed E-state index contributed by atoms with van der Waals surface area (Å²) in [6, 6.07) is 19.5. The molecule has 0 amide bonds. The summed E-state index contributed by atoms with van der Waals surface area (Å²) in [5.74, 6) is 1.26. The standard InChI is InChI=1S/C22H21Cl2NO2/c1-15-3-9-19(10-4-15)25-13-17-11-21(26-2)22(12-20(17)24)27-14-16-5-7-18(23)8-6-16/h3-12,25H,13-14H2,1-2H3. The van der Waals surface area contributed by atoms with Crippen LogP contribution in [0.25, 0.3) is 0 Å². The Morgan fingerprint density at radius 3 is 2.26 bits per heavy atom. The van der Waals surface area contributed by atoms with E-state index in [4.69, 9.17) is 32.7 Å². The molecule has 3 aromatic rings. The van der Waals surface area contributed by atoms with Crippen LogP contribution in [0.4, 0.5) is 5.69 Å². The van der Waals surface area contributed by atoms with Crippen molar-refractivity contribution >= 4 is 28.9 Å². The Morgan fingerprint density at radius 2 is 1.59 bits per heavy atom. The van der Waals surface area contributed by atoms with E-state index in [1.54, 1.807) is 13.2 Å². The second-order valence-corrected chi connectivity index (χ2v) is 7.07. The predicted octanol–water partition coefficient (Wildman–Crippen LogP) is 6.50. The van der Waals surface area contributed by atoms with E-state index in [0.29, 0.717) is 34.7 Å². The van der Waals surface area contributed by atoms with Gasteiger partial charge >= 0.3 is 0 Å². The fourth-order valence-electron chi connectivity index (χ4n) is 2.60. The van der Waals surface area contributed by atoms with E-state index in [9.17, 15) is 0 Å². The summed E-state index contributed by atoms with van der Waals surface area (Å²) in [7, 11) is 1.62. The van der Waals surface area contributed by atoms with Crippen molar-refractivity contribution < 1.29 is 9.47 Å². The number of hydrogen-bond donors (Lipinski definition) is 1. The summed E-state index contributed by atoms with van der Waals surface area (Å²) < 4.78 is 11.4. The Labute approximate surface area is 169 Å². The van der Waals surface area contributed by atoms with Gasteiger partial charge in [-0.3, -0.25) is 0 Å². The SMILES string of the molecule is COc1cc(CNc2ccc(C)cc2)c(Cl)cc1OCc1ccc(Cl)cc1. The Balaban J connectivity index is 1.70. The lowest BCUT2D eigenvalue weighted by atomic mass is 10.1. The molecule has 3 nitrogen and oxygen atoms in total. The van der Waals surface area contributed by atoms with Crippen LogP contribution in [-0.4, -0.2) is 7.11 Å². The molecule has 3 rings (SSSR count). The smallest absolute Gasteiger partial charge is 0.163 e. The molecule has 1 N–H and O–H groups in total. The van der Waals surface area contributed by atoms with Crippen molar-refractivity contribution in [1.82, 2.24) is 0 Å². The van der Waals surface area contributed by atoms with Crippen LogP contribution in [0.2, 0.25) is 10.0 Å². The minimum Gasteiger partial charge on any atom is -0.493 e. The van der Waals surface area contributed by atoms with Gasteiger partial charge in [0.2, 0.25) is 0 Å². The molecule has 0 bridgehead atoms.